The number of hydrogen-bond donors (Lipinski definition) is 2. The summed E-state index contributed by atoms with van der Waals surface area (Å²) in [4.78, 5) is 0. The number of aromatic nitrogens is 1. The zero-order valence-corrected chi connectivity index (χ0v) is 19.5. The largest absolute Gasteiger partial charge is 0.494 e. The van der Waals surface area contributed by atoms with Gasteiger partial charge in [0.25, 0.3) is 0 Å². The summed E-state index contributed by atoms with van der Waals surface area (Å²) in [6.45, 7) is 6.66. The van der Waals surface area contributed by atoms with Crippen LogP contribution in [0.2, 0.25) is 0 Å². The molecule has 0 radical (unpaired) electrons. The number of hydrogen-bond acceptors (Lipinski definition) is 2. The van der Waals surface area contributed by atoms with Gasteiger partial charge in [-0.05, 0) is 26.2 Å². The van der Waals surface area contributed by atoms with Crippen molar-refractivity contribution in [3.8, 4) is 11.8 Å². The molecule has 3 nitrogen and oxygen atoms in total. The third kappa shape index (κ3) is 10.8. The molecular formula is C26H47NO2. The van der Waals surface area contributed by atoms with Crippen molar-refractivity contribution >= 4 is 0 Å². The topological polar surface area (TPSA) is 45.4 Å². The van der Waals surface area contributed by atoms with Crippen molar-refractivity contribution in [1.82, 2.24) is 4.57 Å². The summed E-state index contributed by atoms with van der Waals surface area (Å²) < 4.78 is 1.70. The van der Waals surface area contributed by atoms with Crippen molar-refractivity contribution < 1.29 is 10.2 Å². The SMILES string of the molecule is CCCCCCCCCCCC=C(C)C(CCCCCCC)n1c(O)ccc1O. The minimum atomic E-state index is 0.0604. The van der Waals surface area contributed by atoms with Gasteiger partial charge in [-0.25, -0.2) is 0 Å². The third-order valence-electron chi connectivity index (χ3n) is 6.07. The molecule has 0 bridgehead atoms. The number of aromatic hydroxyl groups is 2. The van der Waals surface area contributed by atoms with E-state index < -0.39 is 0 Å². The van der Waals surface area contributed by atoms with Gasteiger partial charge in [0, 0.05) is 12.1 Å². The van der Waals surface area contributed by atoms with Crippen LogP contribution in [0.25, 0.3) is 0 Å². The molecule has 1 atom stereocenters. The summed E-state index contributed by atoms with van der Waals surface area (Å²) in [6.07, 6.45) is 22.7. The molecule has 0 saturated carbocycles. The highest BCUT2D eigenvalue weighted by Gasteiger charge is 2.18. The van der Waals surface area contributed by atoms with E-state index in [1.54, 1.807) is 16.7 Å². The normalized spacial score (nSPS) is 13.1. The first-order valence-corrected chi connectivity index (χ1v) is 12.4. The molecule has 29 heavy (non-hydrogen) atoms. The van der Waals surface area contributed by atoms with E-state index >= 15 is 0 Å². The Kier molecular flexibility index (Phi) is 14.5. The molecule has 1 aromatic heterocycles. The molecule has 0 aliphatic rings. The molecule has 1 unspecified atom stereocenters. The van der Waals surface area contributed by atoms with E-state index in [0.29, 0.717) is 0 Å². The number of rotatable bonds is 18. The van der Waals surface area contributed by atoms with Crippen molar-refractivity contribution in [3.05, 3.63) is 23.8 Å². The third-order valence-corrected chi connectivity index (χ3v) is 6.07. The maximum atomic E-state index is 10.2. The van der Waals surface area contributed by atoms with Gasteiger partial charge in [-0.3, -0.25) is 4.57 Å². The van der Waals surface area contributed by atoms with Gasteiger partial charge < -0.3 is 10.2 Å². The van der Waals surface area contributed by atoms with Crippen LogP contribution in [0, 0.1) is 0 Å². The average molecular weight is 406 g/mol. The van der Waals surface area contributed by atoms with Gasteiger partial charge in [0.2, 0.25) is 0 Å². The first-order chi connectivity index (χ1) is 14.1. The molecule has 0 aromatic carbocycles. The molecule has 0 amide bonds. The number of unbranched alkanes of at least 4 members (excludes halogenated alkanes) is 13. The summed E-state index contributed by atoms with van der Waals surface area (Å²) in [5.41, 5.74) is 1.27. The average Bonchev–Trinajstić information content (AvgIpc) is 3.04. The fraction of sp³-hybridized carbons (Fsp3) is 0.769. The predicted octanol–water partition coefficient (Wildman–Crippen LogP) is 8.67. The first kappa shape index (κ1) is 25.7. The molecule has 0 saturated heterocycles. The maximum Gasteiger partial charge on any atom is 0.194 e. The van der Waals surface area contributed by atoms with Crippen LogP contribution in [-0.2, 0) is 0 Å². The first-order valence-electron chi connectivity index (χ1n) is 12.4. The van der Waals surface area contributed by atoms with Gasteiger partial charge in [-0.15, -0.1) is 0 Å². The van der Waals surface area contributed by atoms with Gasteiger partial charge in [0.05, 0.1) is 6.04 Å². The second-order valence-electron chi connectivity index (χ2n) is 8.70. The molecular weight excluding hydrogens is 358 g/mol. The Balaban J connectivity index is 2.42. The Labute approximate surface area is 180 Å². The molecule has 2 N–H and O–H groups in total. The molecule has 0 aliphatic carbocycles. The summed E-state index contributed by atoms with van der Waals surface area (Å²) in [5.74, 6) is 0.328. The Hall–Kier alpha value is -1.38. The molecule has 168 valence electrons. The molecule has 1 rings (SSSR count). The van der Waals surface area contributed by atoms with Crippen molar-refractivity contribution in [2.45, 2.75) is 130 Å². The fourth-order valence-electron chi connectivity index (χ4n) is 4.17. The van der Waals surface area contributed by atoms with Crippen LogP contribution in [0.4, 0.5) is 0 Å². The lowest BCUT2D eigenvalue weighted by Crippen LogP contribution is -2.10. The van der Waals surface area contributed by atoms with Crippen LogP contribution in [0.3, 0.4) is 0 Å². The second-order valence-corrected chi connectivity index (χ2v) is 8.70. The van der Waals surface area contributed by atoms with Crippen molar-refractivity contribution in [2.24, 2.45) is 0 Å². The van der Waals surface area contributed by atoms with Crippen molar-refractivity contribution in [3.63, 3.8) is 0 Å². The Morgan fingerprint density at radius 3 is 1.72 bits per heavy atom. The summed E-state index contributed by atoms with van der Waals surface area (Å²) in [6, 6.07) is 3.24. The van der Waals surface area contributed by atoms with Crippen molar-refractivity contribution in [1.29, 1.82) is 0 Å². The van der Waals surface area contributed by atoms with Crippen molar-refractivity contribution in [2.75, 3.05) is 0 Å². The van der Waals surface area contributed by atoms with E-state index in [-0.39, 0.29) is 17.8 Å². The van der Waals surface area contributed by atoms with E-state index in [1.165, 1.54) is 89.0 Å². The van der Waals surface area contributed by atoms with Gasteiger partial charge in [0.15, 0.2) is 11.8 Å². The molecule has 3 heteroatoms. The Morgan fingerprint density at radius 1 is 0.759 bits per heavy atom. The molecule has 0 spiro atoms. The van der Waals surface area contributed by atoms with E-state index in [4.69, 9.17) is 0 Å². The predicted molar refractivity (Wildman–Crippen MR) is 126 cm³/mol. The van der Waals surface area contributed by atoms with Crippen LogP contribution in [0.5, 0.6) is 11.8 Å². The highest BCUT2D eigenvalue weighted by molar-refractivity contribution is 5.28. The lowest BCUT2D eigenvalue weighted by molar-refractivity contribution is 0.336. The van der Waals surface area contributed by atoms with Crippen LogP contribution in [0.15, 0.2) is 23.8 Å². The van der Waals surface area contributed by atoms with Crippen LogP contribution in [0.1, 0.15) is 130 Å². The standard InChI is InChI=1S/C26H47NO2/c1-4-6-8-10-11-12-13-14-16-17-19-23(3)24(20-18-15-9-7-5-2)27-25(28)21-22-26(27)29/h19,21-22,24,28-29H,4-18,20H2,1-3H3. The number of nitrogens with zero attached hydrogens (tertiary/aromatic N) is 1. The monoisotopic (exact) mass is 405 g/mol. The van der Waals surface area contributed by atoms with Gasteiger partial charge in [-0.1, -0.05) is 109 Å². The fourth-order valence-corrected chi connectivity index (χ4v) is 4.17. The highest BCUT2D eigenvalue weighted by atomic mass is 16.3. The lowest BCUT2D eigenvalue weighted by atomic mass is 9.98. The van der Waals surface area contributed by atoms with Gasteiger partial charge in [-0.2, -0.15) is 0 Å². The molecule has 1 heterocycles. The van der Waals surface area contributed by atoms with E-state index in [1.807, 2.05) is 0 Å². The number of allylic oxidation sites excluding steroid dienone is 2. The van der Waals surface area contributed by atoms with E-state index in [2.05, 4.69) is 26.8 Å². The Bertz CT molecular complexity index is 527. The van der Waals surface area contributed by atoms with Crippen LogP contribution in [-0.4, -0.2) is 14.8 Å². The second kappa shape index (κ2) is 16.4. The van der Waals surface area contributed by atoms with Gasteiger partial charge >= 0.3 is 0 Å². The van der Waals surface area contributed by atoms with E-state index in [9.17, 15) is 10.2 Å². The Morgan fingerprint density at radius 2 is 1.21 bits per heavy atom. The van der Waals surface area contributed by atoms with E-state index in [0.717, 1.165) is 19.3 Å². The van der Waals surface area contributed by atoms with Gasteiger partial charge in [0.1, 0.15) is 0 Å². The molecule has 0 aliphatic heterocycles. The summed E-state index contributed by atoms with van der Waals surface area (Å²) >= 11 is 0. The minimum Gasteiger partial charge on any atom is -0.494 e. The molecule has 0 fully saturated rings. The minimum absolute atomic E-state index is 0.0604. The molecule has 1 aromatic rings. The highest BCUT2D eigenvalue weighted by Crippen LogP contribution is 2.34. The van der Waals surface area contributed by atoms with Crippen LogP contribution < -0.4 is 0 Å². The van der Waals surface area contributed by atoms with Crippen LogP contribution >= 0.6 is 0 Å². The zero-order valence-electron chi connectivity index (χ0n) is 19.5. The smallest absolute Gasteiger partial charge is 0.194 e. The summed E-state index contributed by atoms with van der Waals surface area (Å²) in [5, 5.41) is 20.4. The summed E-state index contributed by atoms with van der Waals surface area (Å²) in [7, 11) is 0. The quantitative estimate of drug-likeness (QED) is 0.189. The lowest BCUT2D eigenvalue weighted by Gasteiger charge is -2.22. The zero-order chi connectivity index (χ0) is 21.3. The maximum absolute atomic E-state index is 10.2.